The molecule has 2 aromatic carbocycles. The number of aromatic nitrogens is 1. The Morgan fingerprint density at radius 3 is 2.54 bits per heavy atom. The van der Waals surface area contributed by atoms with Crippen LogP contribution in [0.1, 0.15) is 23.9 Å². The molecule has 28 heavy (non-hydrogen) atoms. The second-order valence-electron chi connectivity index (χ2n) is 5.96. The van der Waals surface area contributed by atoms with E-state index in [0.717, 1.165) is 5.56 Å². The first kappa shape index (κ1) is 19.4. The average Bonchev–Trinajstić information content (AvgIpc) is 3.16. The zero-order valence-corrected chi connectivity index (χ0v) is 15.6. The molecule has 0 aliphatic carbocycles. The number of hydrogen-bond donors (Lipinski definition) is 2. The van der Waals surface area contributed by atoms with Gasteiger partial charge in [-0.15, -0.1) is 0 Å². The van der Waals surface area contributed by atoms with Gasteiger partial charge in [-0.05, 0) is 17.7 Å². The number of primary amides is 1. The van der Waals surface area contributed by atoms with Crippen LogP contribution in [0, 0.1) is 0 Å². The molecule has 0 saturated heterocycles. The van der Waals surface area contributed by atoms with Crippen LogP contribution in [0.15, 0.2) is 65.2 Å². The second-order valence-corrected chi connectivity index (χ2v) is 6.40. The second kappa shape index (κ2) is 9.05. The van der Waals surface area contributed by atoms with Crippen LogP contribution in [-0.2, 0) is 16.1 Å². The van der Waals surface area contributed by atoms with Crippen LogP contribution in [0.2, 0.25) is 5.02 Å². The topological polar surface area (TPSA) is 107 Å². The molecule has 0 saturated carbocycles. The molecule has 3 N–H and O–H groups in total. The Bertz CT molecular complexity index is 942. The molecule has 1 atom stereocenters. The van der Waals surface area contributed by atoms with Crippen molar-refractivity contribution in [1.29, 1.82) is 0 Å². The van der Waals surface area contributed by atoms with Crippen LogP contribution in [-0.4, -0.2) is 17.0 Å². The van der Waals surface area contributed by atoms with Crippen molar-refractivity contribution in [3.8, 4) is 11.3 Å². The fourth-order valence-electron chi connectivity index (χ4n) is 2.60. The summed E-state index contributed by atoms with van der Waals surface area (Å²) in [7, 11) is 0. The third kappa shape index (κ3) is 5.34. The van der Waals surface area contributed by atoms with Crippen LogP contribution in [0.25, 0.3) is 11.3 Å². The van der Waals surface area contributed by atoms with Crippen molar-refractivity contribution >= 4 is 23.6 Å². The number of carbonyl (C=O) groups is 2. The molecule has 8 heteroatoms. The number of halogens is 1. The molecule has 1 heterocycles. The van der Waals surface area contributed by atoms with Gasteiger partial charge in [-0.2, -0.15) is 0 Å². The van der Waals surface area contributed by atoms with Crippen LogP contribution in [0.5, 0.6) is 0 Å². The summed E-state index contributed by atoms with van der Waals surface area (Å²) in [4.78, 5) is 27.6. The molecule has 7 nitrogen and oxygen atoms in total. The number of nitrogens with one attached hydrogen (secondary N) is 1. The van der Waals surface area contributed by atoms with E-state index in [9.17, 15) is 9.59 Å². The Balaban J connectivity index is 1.59. The van der Waals surface area contributed by atoms with Crippen LogP contribution in [0.4, 0.5) is 4.79 Å². The molecule has 0 unspecified atom stereocenters. The summed E-state index contributed by atoms with van der Waals surface area (Å²) < 4.78 is 10.8. The first-order valence-corrected chi connectivity index (χ1v) is 8.86. The smallest absolute Gasteiger partial charge is 0.312 e. The van der Waals surface area contributed by atoms with E-state index in [1.807, 2.05) is 30.3 Å². The molecule has 0 fully saturated rings. The summed E-state index contributed by atoms with van der Waals surface area (Å²) >= 11 is 5.87. The highest BCUT2D eigenvalue weighted by atomic mass is 35.5. The number of oxazole rings is 1. The van der Waals surface area contributed by atoms with Gasteiger partial charge in [-0.3, -0.25) is 4.79 Å². The fraction of sp³-hybridized carbons (Fsp3) is 0.150. The van der Waals surface area contributed by atoms with Crippen LogP contribution < -0.4 is 11.1 Å². The molecular formula is C20H18ClN3O4. The highest BCUT2D eigenvalue weighted by molar-refractivity contribution is 6.30. The van der Waals surface area contributed by atoms with E-state index < -0.39 is 18.0 Å². The van der Waals surface area contributed by atoms with Crippen molar-refractivity contribution in [2.45, 2.75) is 19.1 Å². The number of urea groups is 1. The Kier molecular flexibility index (Phi) is 6.29. The number of rotatable bonds is 7. The average molecular weight is 400 g/mol. The van der Waals surface area contributed by atoms with Crippen molar-refractivity contribution in [3.05, 3.63) is 77.3 Å². The maximum atomic E-state index is 12.2. The van der Waals surface area contributed by atoms with E-state index in [0.29, 0.717) is 16.3 Å². The summed E-state index contributed by atoms with van der Waals surface area (Å²) in [5.41, 5.74) is 6.77. The summed E-state index contributed by atoms with van der Waals surface area (Å²) in [6, 6.07) is 14.8. The number of nitrogens with two attached hydrogens (primary N) is 1. The lowest BCUT2D eigenvalue weighted by molar-refractivity contribution is -0.146. The quantitative estimate of drug-likeness (QED) is 0.587. The Hall–Kier alpha value is -3.32. The number of nitrogens with zero attached hydrogens (tertiary/aromatic N) is 1. The van der Waals surface area contributed by atoms with Crippen molar-refractivity contribution in [2.24, 2.45) is 5.73 Å². The molecule has 0 aliphatic heterocycles. The monoisotopic (exact) mass is 399 g/mol. The van der Waals surface area contributed by atoms with E-state index >= 15 is 0 Å². The van der Waals surface area contributed by atoms with Crippen LogP contribution in [0.3, 0.4) is 0 Å². The van der Waals surface area contributed by atoms with Crippen LogP contribution >= 0.6 is 11.6 Å². The van der Waals surface area contributed by atoms with E-state index in [2.05, 4.69) is 10.3 Å². The van der Waals surface area contributed by atoms with Gasteiger partial charge in [0, 0.05) is 10.6 Å². The number of benzene rings is 2. The molecule has 3 aromatic rings. The van der Waals surface area contributed by atoms with Crippen molar-refractivity contribution in [1.82, 2.24) is 10.3 Å². The Morgan fingerprint density at radius 1 is 1.14 bits per heavy atom. The molecule has 0 aliphatic rings. The minimum atomic E-state index is -0.743. The molecule has 0 bridgehead atoms. The predicted octanol–water partition coefficient (Wildman–Crippen LogP) is 3.84. The summed E-state index contributed by atoms with van der Waals surface area (Å²) in [5, 5.41) is 3.07. The number of ether oxygens (including phenoxy) is 1. The lowest BCUT2D eigenvalue weighted by atomic mass is 10.0. The van der Waals surface area contributed by atoms with E-state index in [-0.39, 0.29) is 18.9 Å². The van der Waals surface area contributed by atoms with E-state index in [4.69, 9.17) is 26.5 Å². The molecule has 2 amide bonds. The first-order valence-electron chi connectivity index (χ1n) is 8.48. The zero-order valence-electron chi connectivity index (χ0n) is 14.8. The highest BCUT2D eigenvalue weighted by Crippen LogP contribution is 2.22. The minimum absolute atomic E-state index is 0.100. The van der Waals surface area contributed by atoms with E-state index in [1.165, 1.54) is 0 Å². The standard InChI is InChI=1S/C20H18ClN3O4/c21-15-8-6-13(7-9-15)16(24-20(22)26)10-19(25)27-12-18-23-11-17(28-18)14-4-2-1-3-5-14/h1-9,11,16H,10,12H2,(H3,22,24,26)/t16-/m1/s1. The molecule has 0 radical (unpaired) electrons. The SMILES string of the molecule is NC(=O)N[C@H](CC(=O)OCc1ncc(-c2ccccc2)o1)c1ccc(Cl)cc1. The normalized spacial score (nSPS) is 11.6. The molecular weight excluding hydrogens is 382 g/mol. The molecule has 0 spiro atoms. The molecule has 144 valence electrons. The van der Waals surface area contributed by atoms with Gasteiger partial charge < -0.3 is 20.2 Å². The lowest BCUT2D eigenvalue weighted by Gasteiger charge is -2.17. The Morgan fingerprint density at radius 2 is 1.86 bits per heavy atom. The summed E-state index contributed by atoms with van der Waals surface area (Å²) in [5.74, 6) is 0.326. The van der Waals surface area contributed by atoms with Gasteiger partial charge in [-0.25, -0.2) is 9.78 Å². The van der Waals surface area contributed by atoms with Gasteiger partial charge in [-0.1, -0.05) is 54.1 Å². The van der Waals surface area contributed by atoms with Crippen molar-refractivity contribution in [3.63, 3.8) is 0 Å². The maximum Gasteiger partial charge on any atom is 0.312 e. The molecule has 3 rings (SSSR count). The van der Waals surface area contributed by atoms with Gasteiger partial charge >= 0.3 is 12.0 Å². The van der Waals surface area contributed by atoms with Gasteiger partial charge in [0.1, 0.15) is 0 Å². The van der Waals surface area contributed by atoms with Gasteiger partial charge in [0.05, 0.1) is 18.7 Å². The lowest BCUT2D eigenvalue weighted by Crippen LogP contribution is -2.34. The number of hydrogen-bond acceptors (Lipinski definition) is 5. The Labute approximate surface area is 166 Å². The number of esters is 1. The predicted molar refractivity (Wildman–Crippen MR) is 103 cm³/mol. The van der Waals surface area contributed by atoms with Gasteiger partial charge in [0.25, 0.3) is 0 Å². The van der Waals surface area contributed by atoms with Crippen molar-refractivity contribution in [2.75, 3.05) is 0 Å². The summed E-state index contributed by atoms with van der Waals surface area (Å²) in [6.07, 6.45) is 1.47. The highest BCUT2D eigenvalue weighted by Gasteiger charge is 2.19. The number of carbonyl (C=O) groups excluding carboxylic acids is 2. The maximum absolute atomic E-state index is 12.2. The number of amides is 2. The van der Waals surface area contributed by atoms with Gasteiger partial charge in [0.15, 0.2) is 12.4 Å². The summed E-state index contributed by atoms with van der Waals surface area (Å²) in [6.45, 7) is -0.115. The van der Waals surface area contributed by atoms with Crippen molar-refractivity contribution < 1.29 is 18.7 Å². The fourth-order valence-corrected chi connectivity index (χ4v) is 2.73. The minimum Gasteiger partial charge on any atom is -0.456 e. The largest absolute Gasteiger partial charge is 0.456 e. The first-order chi connectivity index (χ1) is 13.5. The third-order valence-corrected chi connectivity index (χ3v) is 4.18. The van der Waals surface area contributed by atoms with Gasteiger partial charge in [0.2, 0.25) is 5.89 Å². The zero-order chi connectivity index (χ0) is 19.9. The van der Waals surface area contributed by atoms with E-state index in [1.54, 1.807) is 30.5 Å². The molecule has 1 aromatic heterocycles. The third-order valence-electron chi connectivity index (χ3n) is 3.93.